The van der Waals surface area contributed by atoms with Gasteiger partial charge < -0.3 is 9.73 Å². The average Bonchev–Trinajstić information content (AvgIpc) is 3.44. The highest BCUT2D eigenvalue weighted by Crippen LogP contribution is 2.27. The maximum atomic E-state index is 12.7. The van der Waals surface area contributed by atoms with Crippen molar-refractivity contribution in [2.75, 3.05) is 18.4 Å². The molecule has 1 aliphatic heterocycles. The number of anilines is 1. The van der Waals surface area contributed by atoms with Crippen molar-refractivity contribution in [2.24, 2.45) is 0 Å². The summed E-state index contributed by atoms with van der Waals surface area (Å²) < 4.78 is 32.3. The lowest BCUT2D eigenvalue weighted by Gasteiger charge is -2.14. The van der Waals surface area contributed by atoms with Gasteiger partial charge in [-0.25, -0.2) is 13.4 Å². The number of carbonyl (C=O) groups is 1. The van der Waals surface area contributed by atoms with Crippen molar-refractivity contribution < 1.29 is 17.6 Å². The van der Waals surface area contributed by atoms with Crippen LogP contribution in [0.25, 0.3) is 10.6 Å². The van der Waals surface area contributed by atoms with Gasteiger partial charge in [0.05, 0.1) is 0 Å². The molecule has 0 aliphatic carbocycles. The smallest absolute Gasteiger partial charge is 0.291 e. The van der Waals surface area contributed by atoms with Gasteiger partial charge in [0.1, 0.15) is 15.7 Å². The molecule has 9 heteroatoms. The zero-order valence-corrected chi connectivity index (χ0v) is 16.8. The van der Waals surface area contributed by atoms with Crippen LogP contribution in [0.3, 0.4) is 0 Å². The van der Waals surface area contributed by atoms with Gasteiger partial charge in [0.2, 0.25) is 10.0 Å². The van der Waals surface area contributed by atoms with Crippen LogP contribution in [0.2, 0.25) is 0 Å². The first kappa shape index (κ1) is 18.9. The van der Waals surface area contributed by atoms with Crippen molar-refractivity contribution in [3.05, 3.63) is 53.4 Å². The standard InChI is InChI=1S/C19H19N3O4S2/c1-13-17(28(24,25)22-9-2-3-10-22)12-16(26-13)18(23)21-15-6-4-14(5-7-15)19-20-8-11-27-19/h4-8,11-12H,2-3,9-10H2,1H3,(H,21,23). The molecule has 146 valence electrons. The number of aryl methyl sites for hydroxylation is 1. The van der Waals surface area contributed by atoms with Gasteiger partial charge in [-0.2, -0.15) is 4.31 Å². The van der Waals surface area contributed by atoms with Crippen LogP contribution >= 0.6 is 11.3 Å². The van der Waals surface area contributed by atoms with E-state index < -0.39 is 15.9 Å². The average molecular weight is 418 g/mol. The van der Waals surface area contributed by atoms with E-state index in [9.17, 15) is 13.2 Å². The predicted octanol–water partition coefficient (Wildman–Crippen LogP) is 3.75. The zero-order chi connectivity index (χ0) is 19.7. The van der Waals surface area contributed by atoms with E-state index in [4.69, 9.17) is 4.42 Å². The minimum absolute atomic E-state index is 0.0285. The van der Waals surface area contributed by atoms with Crippen molar-refractivity contribution in [3.8, 4) is 10.6 Å². The van der Waals surface area contributed by atoms with E-state index in [0.29, 0.717) is 18.8 Å². The van der Waals surface area contributed by atoms with E-state index >= 15 is 0 Å². The molecule has 1 fully saturated rings. The zero-order valence-electron chi connectivity index (χ0n) is 15.2. The number of furan rings is 1. The number of amides is 1. The molecule has 0 bridgehead atoms. The predicted molar refractivity (Wildman–Crippen MR) is 107 cm³/mol. The van der Waals surface area contributed by atoms with Crippen LogP contribution in [-0.2, 0) is 10.0 Å². The van der Waals surface area contributed by atoms with E-state index in [2.05, 4.69) is 10.3 Å². The van der Waals surface area contributed by atoms with Crippen LogP contribution in [0.5, 0.6) is 0 Å². The number of carbonyl (C=O) groups excluding carboxylic acids is 1. The number of rotatable bonds is 5. The van der Waals surface area contributed by atoms with Crippen molar-refractivity contribution in [3.63, 3.8) is 0 Å². The molecule has 3 heterocycles. The lowest BCUT2D eigenvalue weighted by atomic mass is 10.2. The van der Waals surface area contributed by atoms with Gasteiger partial charge in [0.25, 0.3) is 5.91 Å². The van der Waals surface area contributed by atoms with Crippen LogP contribution in [0.1, 0.15) is 29.2 Å². The Kier molecular flexibility index (Phi) is 5.05. The van der Waals surface area contributed by atoms with Gasteiger partial charge in [-0.3, -0.25) is 4.79 Å². The summed E-state index contributed by atoms with van der Waals surface area (Å²) in [6.07, 6.45) is 3.43. The molecule has 3 aromatic rings. The highest BCUT2D eigenvalue weighted by Gasteiger charge is 2.31. The van der Waals surface area contributed by atoms with E-state index in [1.807, 2.05) is 17.5 Å². The Bertz CT molecular complexity index is 1080. The lowest BCUT2D eigenvalue weighted by Crippen LogP contribution is -2.28. The molecular formula is C19H19N3O4S2. The molecule has 1 aliphatic rings. The fourth-order valence-electron chi connectivity index (χ4n) is 3.16. The Morgan fingerprint density at radius 2 is 1.93 bits per heavy atom. The summed E-state index contributed by atoms with van der Waals surface area (Å²) in [5, 5.41) is 5.53. The van der Waals surface area contributed by atoms with Gasteiger partial charge in [0.15, 0.2) is 5.76 Å². The third-order valence-electron chi connectivity index (χ3n) is 4.60. The number of thiazole rings is 1. The second-order valence-corrected chi connectivity index (χ2v) is 9.31. The Labute approximate surface area is 167 Å². The van der Waals surface area contributed by atoms with Crippen LogP contribution < -0.4 is 5.32 Å². The van der Waals surface area contributed by atoms with Crippen LogP contribution in [-0.4, -0.2) is 36.7 Å². The molecule has 1 saturated heterocycles. The first-order chi connectivity index (χ1) is 13.4. The van der Waals surface area contributed by atoms with E-state index in [1.165, 1.54) is 21.7 Å². The first-order valence-corrected chi connectivity index (χ1v) is 11.2. The van der Waals surface area contributed by atoms with E-state index in [-0.39, 0.29) is 16.4 Å². The molecule has 2 aromatic heterocycles. The summed E-state index contributed by atoms with van der Waals surface area (Å²) >= 11 is 1.54. The molecule has 28 heavy (non-hydrogen) atoms. The maximum absolute atomic E-state index is 12.7. The Hall–Kier alpha value is -2.49. The third-order valence-corrected chi connectivity index (χ3v) is 7.43. The van der Waals surface area contributed by atoms with Gasteiger partial charge in [-0.15, -0.1) is 11.3 Å². The molecule has 1 aromatic carbocycles. The monoisotopic (exact) mass is 417 g/mol. The number of hydrogen-bond donors (Lipinski definition) is 1. The highest BCUT2D eigenvalue weighted by atomic mass is 32.2. The molecular weight excluding hydrogens is 398 g/mol. The van der Waals surface area contributed by atoms with Gasteiger partial charge in [-0.05, 0) is 44.0 Å². The summed E-state index contributed by atoms with van der Waals surface area (Å²) in [7, 11) is -3.63. The fraction of sp³-hybridized carbons (Fsp3) is 0.263. The summed E-state index contributed by atoms with van der Waals surface area (Å²) in [5.41, 5.74) is 1.55. The summed E-state index contributed by atoms with van der Waals surface area (Å²) in [6, 6.07) is 8.58. The normalized spacial score (nSPS) is 15.0. The second-order valence-electron chi connectivity index (χ2n) is 6.51. The molecule has 0 saturated carbocycles. The topological polar surface area (TPSA) is 92.5 Å². The van der Waals surface area contributed by atoms with Crippen molar-refractivity contribution in [1.29, 1.82) is 0 Å². The molecule has 0 radical (unpaired) electrons. The lowest BCUT2D eigenvalue weighted by molar-refractivity contribution is 0.0995. The van der Waals surface area contributed by atoms with Crippen molar-refractivity contribution in [2.45, 2.75) is 24.7 Å². The van der Waals surface area contributed by atoms with Crippen LogP contribution in [0, 0.1) is 6.92 Å². The summed E-state index contributed by atoms with van der Waals surface area (Å²) in [4.78, 5) is 16.8. The molecule has 4 rings (SSSR count). The van der Waals surface area contributed by atoms with E-state index in [1.54, 1.807) is 25.3 Å². The summed E-state index contributed by atoms with van der Waals surface area (Å²) in [6.45, 7) is 2.56. The van der Waals surface area contributed by atoms with Crippen LogP contribution in [0.15, 0.2) is 51.2 Å². The maximum Gasteiger partial charge on any atom is 0.291 e. The molecule has 0 spiro atoms. The molecule has 0 atom stereocenters. The Morgan fingerprint density at radius 1 is 1.21 bits per heavy atom. The highest BCUT2D eigenvalue weighted by molar-refractivity contribution is 7.89. The Balaban J connectivity index is 1.51. The minimum atomic E-state index is -3.63. The number of aromatic nitrogens is 1. The molecule has 0 unspecified atom stereocenters. The van der Waals surface area contributed by atoms with Gasteiger partial charge >= 0.3 is 0 Å². The minimum Gasteiger partial charge on any atom is -0.455 e. The molecule has 7 nitrogen and oxygen atoms in total. The van der Waals surface area contributed by atoms with Crippen molar-refractivity contribution in [1.82, 2.24) is 9.29 Å². The third kappa shape index (κ3) is 3.60. The number of hydrogen-bond acceptors (Lipinski definition) is 6. The number of nitrogens with zero attached hydrogens (tertiary/aromatic N) is 2. The number of benzene rings is 1. The Morgan fingerprint density at radius 3 is 2.57 bits per heavy atom. The van der Waals surface area contributed by atoms with Crippen molar-refractivity contribution >= 4 is 33.0 Å². The number of sulfonamides is 1. The van der Waals surface area contributed by atoms with E-state index in [0.717, 1.165) is 23.4 Å². The van der Waals surface area contributed by atoms with Gasteiger partial charge in [-0.1, -0.05) is 0 Å². The van der Waals surface area contributed by atoms with Gasteiger partial charge in [0, 0.05) is 42.0 Å². The quantitative estimate of drug-likeness (QED) is 0.683. The fourth-order valence-corrected chi connectivity index (χ4v) is 5.48. The second kappa shape index (κ2) is 7.50. The van der Waals surface area contributed by atoms with Crippen LogP contribution in [0.4, 0.5) is 5.69 Å². The molecule has 1 amide bonds. The first-order valence-electron chi connectivity index (χ1n) is 8.87. The molecule has 1 N–H and O–H groups in total. The largest absolute Gasteiger partial charge is 0.455 e. The summed E-state index contributed by atoms with van der Waals surface area (Å²) in [5.74, 6) is -0.302. The number of nitrogens with one attached hydrogen (secondary N) is 1. The SMILES string of the molecule is Cc1oc(C(=O)Nc2ccc(-c3nccs3)cc2)cc1S(=O)(=O)N1CCCC1.